The molecule has 0 atom stereocenters. The molecule has 184 valence electrons. The van der Waals surface area contributed by atoms with Gasteiger partial charge < -0.3 is 29.2 Å². The van der Waals surface area contributed by atoms with E-state index in [1.807, 2.05) is 48.5 Å². The predicted molar refractivity (Wildman–Crippen MR) is 138 cm³/mol. The molecule has 2 N–H and O–H groups in total. The zero-order chi connectivity index (χ0) is 25.2. The lowest BCUT2D eigenvalue weighted by Crippen LogP contribution is -2.11. The number of benzene rings is 4. The van der Waals surface area contributed by atoms with Gasteiger partial charge in [-0.3, -0.25) is 0 Å². The standard InChI is InChI=1S/C30H28O6/c1-22(18-35-29-8-4-2-6-23(29)20-33-27-14-10-25(31)11-15-27)19-36-30-9-5-3-7-24(30)21-34-28-16-12-26(32)13-17-28/h2-17,31-32H,1,18-21H2. The summed E-state index contributed by atoms with van der Waals surface area (Å²) in [6.45, 7) is 5.34. The lowest BCUT2D eigenvalue weighted by atomic mass is 10.2. The van der Waals surface area contributed by atoms with Crippen molar-refractivity contribution in [2.75, 3.05) is 13.2 Å². The summed E-state index contributed by atoms with van der Waals surface area (Å²) in [5.41, 5.74) is 2.57. The van der Waals surface area contributed by atoms with Gasteiger partial charge in [0.05, 0.1) is 0 Å². The molecule has 0 bridgehead atoms. The van der Waals surface area contributed by atoms with Crippen LogP contribution < -0.4 is 18.9 Å². The third-order valence-electron chi connectivity index (χ3n) is 5.27. The van der Waals surface area contributed by atoms with Crippen molar-refractivity contribution < 1.29 is 29.2 Å². The highest BCUT2D eigenvalue weighted by Crippen LogP contribution is 2.24. The van der Waals surface area contributed by atoms with E-state index < -0.39 is 0 Å². The fourth-order valence-corrected chi connectivity index (χ4v) is 3.34. The number of hydrogen-bond donors (Lipinski definition) is 2. The fourth-order valence-electron chi connectivity index (χ4n) is 3.34. The first kappa shape index (κ1) is 24.5. The molecule has 6 nitrogen and oxygen atoms in total. The molecule has 0 aliphatic carbocycles. The minimum atomic E-state index is 0.194. The molecule has 0 unspecified atom stereocenters. The second-order valence-electron chi connectivity index (χ2n) is 8.11. The normalized spacial score (nSPS) is 10.4. The first-order valence-electron chi connectivity index (χ1n) is 11.5. The lowest BCUT2D eigenvalue weighted by Gasteiger charge is -2.15. The van der Waals surface area contributed by atoms with Gasteiger partial charge in [0.1, 0.15) is 60.9 Å². The van der Waals surface area contributed by atoms with E-state index in [-0.39, 0.29) is 11.5 Å². The summed E-state index contributed by atoms with van der Waals surface area (Å²) in [6.07, 6.45) is 0. The summed E-state index contributed by atoms with van der Waals surface area (Å²) in [7, 11) is 0. The van der Waals surface area contributed by atoms with E-state index in [0.29, 0.717) is 49.4 Å². The number of rotatable bonds is 12. The molecule has 6 heteroatoms. The summed E-state index contributed by atoms with van der Waals surface area (Å²) in [5.74, 6) is 3.13. The van der Waals surface area contributed by atoms with Gasteiger partial charge in [-0.15, -0.1) is 0 Å². The Morgan fingerprint density at radius 3 is 1.33 bits per heavy atom. The van der Waals surface area contributed by atoms with Gasteiger partial charge in [0, 0.05) is 11.1 Å². The highest BCUT2D eigenvalue weighted by molar-refractivity contribution is 5.36. The van der Waals surface area contributed by atoms with Crippen LogP contribution in [0.25, 0.3) is 0 Å². The molecule has 0 spiro atoms. The molecule has 0 saturated heterocycles. The maximum atomic E-state index is 9.41. The molecule has 4 aromatic carbocycles. The topological polar surface area (TPSA) is 77.4 Å². The molecule has 0 aliphatic rings. The number of aromatic hydroxyl groups is 2. The summed E-state index contributed by atoms with van der Waals surface area (Å²) in [4.78, 5) is 0. The molecular formula is C30H28O6. The maximum absolute atomic E-state index is 9.41. The van der Waals surface area contributed by atoms with E-state index >= 15 is 0 Å². The SMILES string of the molecule is C=C(COc1ccccc1COc1ccc(O)cc1)COc1ccccc1COc1ccc(O)cc1. The minimum absolute atomic E-state index is 0.194. The molecule has 4 aromatic rings. The van der Waals surface area contributed by atoms with Crippen molar-refractivity contribution in [1.29, 1.82) is 0 Å². The molecule has 0 aliphatic heterocycles. The highest BCUT2D eigenvalue weighted by atomic mass is 16.5. The Morgan fingerprint density at radius 2 is 0.917 bits per heavy atom. The Labute approximate surface area is 210 Å². The van der Waals surface area contributed by atoms with E-state index in [2.05, 4.69) is 6.58 Å². The van der Waals surface area contributed by atoms with Crippen molar-refractivity contribution in [3.8, 4) is 34.5 Å². The molecule has 36 heavy (non-hydrogen) atoms. The van der Waals surface area contributed by atoms with Crippen molar-refractivity contribution >= 4 is 0 Å². The average Bonchev–Trinajstić information content (AvgIpc) is 2.91. The third-order valence-corrected chi connectivity index (χ3v) is 5.27. The van der Waals surface area contributed by atoms with Gasteiger partial charge in [0.2, 0.25) is 0 Å². The maximum Gasteiger partial charge on any atom is 0.126 e. The van der Waals surface area contributed by atoms with Crippen LogP contribution in [0.4, 0.5) is 0 Å². The van der Waals surface area contributed by atoms with Crippen LogP contribution in [0.2, 0.25) is 0 Å². The summed E-state index contributed by atoms with van der Waals surface area (Å²) in [6, 6.07) is 28.5. The van der Waals surface area contributed by atoms with Gasteiger partial charge >= 0.3 is 0 Å². The molecule has 0 saturated carbocycles. The van der Waals surface area contributed by atoms with Crippen LogP contribution in [0.3, 0.4) is 0 Å². The summed E-state index contributed by atoms with van der Waals surface area (Å²) < 4.78 is 23.6. The zero-order valence-corrected chi connectivity index (χ0v) is 19.8. The molecule has 0 aromatic heterocycles. The summed E-state index contributed by atoms with van der Waals surface area (Å²) >= 11 is 0. The van der Waals surface area contributed by atoms with Crippen molar-refractivity contribution in [2.45, 2.75) is 13.2 Å². The Morgan fingerprint density at radius 1 is 0.528 bits per heavy atom. The quantitative estimate of drug-likeness (QED) is 0.231. The van der Waals surface area contributed by atoms with Gasteiger partial charge in [0.25, 0.3) is 0 Å². The Bertz CT molecular complexity index is 1170. The van der Waals surface area contributed by atoms with Crippen LogP contribution in [0.15, 0.2) is 109 Å². The van der Waals surface area contributed by atoms with E-state index in [9.17, 15) is 10.2 Å². The number of phenols is 2. The largest absolute Gasteiger partial charge is 0.508 e. The second kappa shape index (κ2) is 12.2. The first-order chi connectivity index (χ1) is 17.6. The van der Waals surface area contributed by atoms with Crippen molar-refractivity contribution in [3.05, 3.63) is 120 Å². The number of phenolic OH excluding ortho intramolecular Hbond substituents is 2. The van der Waals surface area contributed by atoms with Crippen LogP contribution >= 0.6 is 0 Å². The fraction of sp³-hybridized carbons (Fsp3) is 0.133. The van der Waals surface area contributed by atoms with Crippen molar-refractivity contribution in [1.82, 2.24) is 0 Å². The molecule has 0 radical (unpaired) electrons. The molecule has 4 rings (SSSR count). The molecule has 0 heterocycles. The third kappa shape index (κ3) is 7.21. The van der Waals surface area contributed by atoms with E-state index in [1.165, 1.54) is 0 Å². The number of para-hydroxylation sites is 2. The molecule has 0 amide bonds. The van der Waals surface area contributed by atoms with Gasteiger partial charge in [-0.25, -0.2) is 0 Å². The first-order valence-corrected chi connectivity index (χ1v) is 11.5. The number of ether oxygens (including phenoxy) is 4. The van der Waals surface area contributed by atoms with E-state index in [0.717, 1.165) is 16.7 Å². The van der Waals surface area contributed by atoms with Crippen LogP contribution in [-0.4, -0.2) is 23.4 Å². The van der Waals surface area contributed by atoms with Gasteiger partial charge in [-0.1, -0.05) is 43.0 Å². The smallest absolute Gasteiger partial charge is 0.126 e. The van der Waals surface area contributed by atoms with Crippen molar-refractivity contribution in [2.24, 2.45) is 0 Å². The van der Waals surface area contributed by atoms with Crippen LogP contribution in [0.1, 0.15) is 11.1 Å². The predicted octanol–water partition coefficient (Wildman–Crippen LogP) is 6.27. The minimum Gasteiger partial charge on any atom is -0.508 e. The van der Waals surface area contributed by atoms with E-state index in [1.54, 1.807) is 48.5 Å². The van der Waals surface area contributed by atoms with Gasteiger partial charge in [-0.05, 0) is 66.2 Å². The van der Waals surface area contributed by atoms with Crippen LogP contribution in [0, 0.1) is 0 Å². The molecule has 0 fully saturated rings. The van der Waals surface area contributed by atoms with Gasteiger partial charge in [-0.2, -0.15) is 0 Å². The Balaban J connectivity index is 1.27. The van der Waals surface area contributed by atoms with Crippen LogP contribution in [0.5, 0.6) is 34.5 Å². The second-order valence-corrected chi connectivity index (χ2v) is 8.11. The Hall–Kier alpha value is -4.58. The Kier molecular flexibility index (Phi) is 8.33. The van der Waals surface area contributed by atoms with Gasteiger partial charge in [0.15, 0.2) is 0 Å². The highest BCUT2D eigenvalue weighted by Gasteiger charge is 2.08. The zero-order valence-electron chi connectivity index (χ0n) is 19.8. The lowest BCUT2D eigenvalue weighted by molar-refractivity contribution is 0.271. The van der Waals surface area contributed by atoms with Crippen molar-refractivity contribution in [3.63, 3.8) is 0 Å². The average molecular weight is 485 g/mol. The van der Waals surface area contributed by atoms with E-state index in [4.69, 9.17) is 18.9 Å². The molecular weight excluding hydrogens is 456 g/mol. The summed E-state index contributed by atoms with van der Waals surface area (Å²) in [5, 5.41) is 18.8. The monoisotopic (exact) mass is 484 g/mol. The van der Waals surface area contributed by atoms with Crippen LogP contribution in [-0.2, 0) is 13.2 Å². The number of hydrogen-bond acceptors (Lipinski definition) is 6.